The molecule has 17 heavy (non-hydrogen) atoms. The standard InChI is InChI=1S/C13H22N2O2/c1-2-14(11-6-4-3-5-7-11)10-15-12(16)8-9-13(15)17/h11H,2-10H2,1H3. The Morgan fingerprint density at radius 3 is 2.24 bits per heavy atom. The second-order valence-corrected chi connectivity index (χ2v) is 5.05. The summed E-state index contributed by atoms with van der Waals surface area (Å²) in [6, 6.07) is 0.565. The van der Waals surface area contributed by atoms with Crippen molar-refractivity contribution in [2.75, 3.05) is 13.2 Å². The largest absolute Gasteiger partial charge is 0.283 e. The minimum absolute atomic E-state index is 0.00394. The van der Waals surface area contributed by atoms with Crippen molar-refractivity contribution in [2.24, 2.45) is 0 Å². The van der Waals surface area contributed by atoms with Crippen LogP contribution in [0.3, 0.4) is 0 Å². The zero-order valence-corrected chi connectivity index (χ0v) is 10.7. The van der Waals surface area contributed by atoms with Gasteiger partial charge in [-0.25, -0.2) is 0 Å². The number of amides is 2. The first-order valence-corrected chi connectivity index (χ1v) is 6.79. The zero-order valence-electron chi connectivity index (χ0n) is 10.7. The Morgan fingerprint density at radius 2 is 1.71 bits per heavy atom. The monoisotopic (exact) mass is 238 g/mol. The molecule has 1 aliphatic carbocycles. The second kappa shape index (κ2) is 5.63. The fraction of sp³-hybridized carbons (Fsp3) is 0.846. The predicted molar refractivity (Wildman–Crippen MR) is 65.2 cm³/mol. The summed E-state index contributed by atoms with van der Waals surface area (Å²) in [6.07, 6.45) is 7.12. The average Bonchev–Trinajstić information content (AvgIpc) is 2.68. The third kappa shape index (κ3) is 2.86. The van der Waals surface area contributed by atoms with Crippen molar-refractivity contribution in [3.8, 4) is 0 Å². The molecular formula is C13H22N2O2. The van der Waals surface area contributed by atoms with Gasteiger partial charge in [-0.05, 0) is 19.4 Å². The molecule has 1 saturated heterocycles. The number of carbonyl (C=O) groups is 2. The molecule has 0 aromatic carbocycles. The molecule has 4 heteroatoms. The van der Waals surface area contributed by atoms with E-state index in [0.717, 1.165) is 6.54 Å². The Morgan fingerprint density at radius 1 is 1.12 bits per heavy atom. The Balaban J connectivity index is 1.94. The third-order valence-electron chi connectivity index (χ3n) is 3.98. The van der Waals surface area contributed by atoms with Crippen LogP contribution in [0, 0.1) is 0 Å². The SMILES string of the molecule is CCN(CN1C(=O)CCC1=O)C1CCCCC1. The van der Waals surface area contributed by atoms with Crippen molar-refractivity contribution >= 4 is 11.8 Å². The fourth-order valence-corrected chi connectivity index (χ4v) is 2.88. The molecule has 1 heterocycles. The van der Waals surface area contributed by atoms with Gasteiger partial charge < -0.3 is 0 Å². The Hall–Kier alpha value is -0.900. The maximum Gasteiger partial charge on any atom is 0.230 e. The molecule has 0 N–H and O–H groups in total. The minimum Gasteiger partial charge on any atom is -0.283 e. The van der Waals surface area contributed by atoms with Gasteiger partial charge in [-0.15, -0.1) is 0 Å². The van der Waals surface area contributed by atoms with Gasteiger partial charge in [0.05, 0.1) is 6.67 Å². The minimum atomic E-state index is 0.00394. The highest BCUT2D eigenvalue weighted by Gasteiger charge is 2.31. The van der Waals surface area contributed by atoms with Gasteiger partial charge in [-0.2, -0.15) is 0 Å². The lowest BCUT2D eigenvalue weighted by Crippen LogP contribution is -2.46. The van der Waals surface area contributed by atoms with Gasteiger partial charge in [0.15, 0.2) is 0 Å². The maximum atomic E-state index is 11.6. The molecule has 0 unspecified atom stereocenters. The maximum absolute atomic E-state index is 11.6. The first-order chi connectivity index (χ1) is 8.22. The smallest absolute Gasteiger partial charge is 0.230 e. The summed E-state index contributed by atoms with van der Waals surface area (Å²) >= 11 is 0. The number of hydrogen-bond acceptors (Lipinski definition) is 3. The van der Waals surface area contributed by atoms with Gasteiger partial charge >= 0.3 is 0 Å². The Bertz CT molecular complexity index is 282. The highest BCUT2D eigenvalue weighted by Crippen LogP contribution is 2.23. The Labute approximate surface area is 103 Å². The molecule has 1 saturated carbocycles. The second-order valence-electron chi connectivity index (χ2n) is 5.05. The number of nitrogens with zero attached hydrogens (tertiary/aromatic N) is 2. The van der Waals surface area contributed by atoms with E-state index >= 15 is 0 Å². The third-order valence-corrected chi connectivity index (χ3v) is 3.98. The molecule has 2 rings (SSSR count). The van der Waals surface area contributed by atoms with Crippen molar-refractivity contribution in [2.45, 2.75) is 57.9 Å². The van der Waals surface area contributed by atoms with E-state index in [-0.39, 0.29) is 11.8 Å². The van der Waals surface area contributed by atoms with Crippen molar-refractivity contribution < 1.29 is 9.59 Å². The molecule has 0 atom stereocenters. The van der Waals surface area contributed by atoms with Crippen LogP contribution in [0.2, 0.25) is 0 Å². The van der Waals surface area contributed by atoms with E-state index in [1.807, 2.05) is 0 Å². The first kappa shape index (κ1) is 12.6. The van der Waals surface area contributed by atoms with Crippen molar-refractivity contribution in [1.82, 2.24) is 9.80 Å². The summed E-state index contributed by atoms with van der Waals surface area (Å²) in [5.74, 6) is 0.00789. The van der Waals surface area contributed by atoms with Crippen LogP contribution in [0.1, 0.15) is 51.9 Å². The van der Waals surface area contributed by atoms with Gasteiger partial charge in [0.25, 0.3) is 0 Å². The summed E-state index contributed by atoms with van der Waals surface area (Å²) < 4.78 is 0. The van der Waals surface area contributed by atoms with Gasteiger partial charge in [0.2, 0.25) is 11.8 Å². The van der Waals surface area contributed by atoms with Gasteiger partial charge in [0, 0.05) is 18.9 Å². The topological polar surface area (TPSA) is 40.6 Å². The summed E-state index contributed by atoms with van der Waals surface area (Å²) in [5.41, 5.74) is 0. The summed E-state index contributed by atoms with van der Waals surface area (Å²) in [4.78, 5) is 26.9. The molecule has 1 aliphatic heterocycles. The molecule has 0 bridgehead atoms. The van der Waals surface area contributed by atoms with Crippen molar-refractivity contribution in [3.05, 3.63) is 0 Å². The lowest BCUT2D eigenvalue weighted by atomic mass is 9.94. The van der Waals surface area contributed by atoms with E-state index in [1.54, 1.807) is 0 Å². The first-order valence-electron chi connectivity index (χ1n) is 6.79. The van der Waals surface area contributed by atoms with Crippen LogP contribution in [-0.4, -0.2) is 40.9 Å². The molecule has 0 spiro atoms. The fourth-order valence-electron chi connectivity index (χ4n) is 2.88. The molecular weight excluding hydrogens is 216 g/mol. The molecule has 4 nitrogen and oxygen atoms in total. The van der Waals surface area contributed by atoms with E-state index in [1.165, 1.54) is 37.0 Å². The van der Waals surface area contributed by atoms with Crippen LogP contribution < -0.4 is 0 Å². The predicted octanol–water partition coefficient (Wildman–Crippen LogP) is 1.75. The quantitative estimate of drug-likeness (QED) is 0.701. The molecule has 96 valence electrons. The number of rotatable bonds is 4. The van der Waals surface area contributed by atoms with Crippen LogP contribution in [-0.2, 0) is 9.59 Å². The lowest BCUT2D eigenvalue weighted by Gasteiger charge is -2.35. The molecule has 2 aliphatic rings. The average molecular weight is 238 g/mol. The molecule has 2 fully saturated rings. The highest BCUT2D eigenvalue weighted by atomic mass is 16.2. The van der Waals surface area contributed by atoms with E-state index in [4.69, 9.17) is 0 Å². The number of likely N-dealkylation sites (tertiary alicyclic amines) is 1. The molecule has 0 aromatic heterocycles. The van der Waals surface area contributed by atoms with Crippen LogP contribution in [0.4, 0.5) is 0 Å². The van der Waals surface area contributed by atoms with Crippen molar-refractivity contribution in [1.29, 1.82) is 0 Å². The molecule has 2 amide bonds. The molecule has 0 radical (unpaired) electrons. The van der Waals surface area contributed by atoms with E-state index in [2.05, 4.69) is 11.8 Å². The highest BCUT2D eigenvalue weighted by molar-refractivity contribution is 6.01. The van der Waals surface area contributed by atoms with Crippen LogP contribution in [0.5, 0.6) is 0 Å². The van der Waals surface area contributed by atoms with Gasteiger partial charge in [-0.1, -0.05) is 26.2 Å². The van der Waals surface area contributed by atoms with Crippen LogP contribution in [0.25, 0.3) is 0 Å². The summed E-state index contributed by atoms with van der Waals surface area (Å²) in [5, 5.41) is 0. The van der Waals surface area contributed by atoms with Crippen molar-refractivity contribution in [3.63, 3.8) is 0 Å². The number of carbonyl (C=O) groups excluding carboxylic acids is 2. The van der Waals surface area contributed by atoms with Gasteiger partial charge in [0.1, 0.15) is 0 Å². The zero-order chi connectivity index (χ0) is 12.3. The van der Waals surface area contributed by atoms with Crippen LogP contribution >= 0.6 is 0 Å². The Kier molecular flexibility index (Phi) is 4.15. The summed E-state index contributed by atoms with van der Waals surface area (Å²) in [7, 11) is 0. The van der Waals surface area contributed by atoms with Gasteiger partial charge in [-0.3, -0.25) is 19.4 Å². The summed E-state index contributed by atoms with van der Waals surface area (Å²) in [6.45, 7) is 3.54. The van der Waals surface area contributed by atoms with Crippen LogP contribution in [0.15, 0.2) is 0 Å². The number of imide groups is 1. The number of hydrogen-bond donors (Lipinski definition) is 0. The van der Waals surface area contributed by atoms with E-state index < -0.39 is 0 Å². The molecule has 0 aromatic rings. The van der Waals surface area contributed by atoms with E-state index in [9.17, 15) is 9.59 Å². The van der Waals surface area contributed by atoms with E-state index in [0.29, 0.717) is 25.6 Å². The lowest BCUT2D eigenvalue weighted by molar-refractivity contribution is -0.141. The normalized spacial score (nSPS) is 22.8.